The Morgan fingerprint density at radius 3 is 2.52 bits per heavy atom. The largest absolute Gasteiger partial charge is 0.497 e. The number of nitro benzene ring substituents is 1. The summed E-state index contributed by atoms with van der Waals surface area (Å²) in [5.74, 6) is 0.756. The van der Waals surface area contributed by atoms with Gasteiger partial charge in [0.1, 0.15) is 5.75 Å². The highest BCUT2D eigenvalue weighted by molar-refractivity contribution is 5.34. The first-order valence-corrected chi connectivity index (χ1v) is 7.23. The van der Waals surface area contributed by atoms with Crippen molar-refractivity contribution in [3.8, 4) is 5.75 Å². The van der Waals surface area contributed by atoms with E-state index in [0.29, 0.717) is 6.54 Å². The maximum atomic E-state index is 10.9. The van der Waals surface area contributed by atoms with Gasteiger partial charge in [-0.05, 0) is 30.3 Å². The Hall–Kier alpha value is -2.44. The quantitative estimate of drug-likeness (QED) is 0.628. The summed E-state index contributed by atoms with van der Waals surface area (Å²) in [4.78, 5) is 12.4. The lowest BCUT2D eigenvalue weighted by Gasteiger charge is -2.27. The number of hydrogen-bond acceptors (Lipinski definition) is 5. The van der Waals surface area contributed by atoms with Crippen molar-refractivity contribution < 1.29 is 14.8 Å². The van der Waals surface area contributed by atoms with Crippen LogP contribution in [0, 0.1) is 10.1 Å². The summed E-state index contributed by atoms with van der Waals surface area (Å²) in [6.45, 7) is 0.455. The monoisotopic (exact) mass is 316 g/mol. The van der Waals surface area contributed by atoms with E-state index < -0.39 is 4.92 Å². The topological polar surface area (TPSA) is 75.8 Å². The molecule has 2 aromatic rings. The van der Waals surface area contributed by atoms with Crippen molar-refractivity contribution >= 4 is 5.69 Å². The Bertz CT molecular complexity index is 658. The number of rotatable bonds is 7. The van der Waals surface area contributed by atoms with Gasteiger partial charge in [-0.1, -0.05) is 24.3 Å². The smallest absolute Gasteiger partial charge is 0.269 e. The van der Waals surface area contributed by atoms with Crippen LogP contribution >= 0.6 is 0 Å². The lowest BCUT2D eigenvalue weighted by Crippen LogP contribution is -2.27. The Morgan fingerprint density at radius 2 is 1.96 bits per heavy atom. The van der Waals surface area contributed by atoms with Crippen molar-refractivity contribution in [2.45, 2.75) is 12.6 Å². The number of aliphatic hydroxyl groups excluding tert-OH is 1. The normalized spacial score (nSPS) is 12.2. The number of aliphatic hydroxyl groups is 1. The number of ether oxygens (including phenoxy) is 1. The van der Waals surface area contributed by atoms with Gasteiger partial charge in [-0.25, -0.2) is 0 Å². The zero-order valence-electron chi connectivity index (χ0n) is 13.2. The van der Waals surface area contributed by atoms with E-state index in [4.69, 9.17) is 4.74 Å². The molecule has 0 bridgehead atoms. The molecule has 0 radical (unpaired) electrons. The van der Waals surface area contributed by atoms with Gasteiger partial charge in [0.2, 0.25) is 0 Å². The lowest BCUT2D eigenvalue weighted by molar-refractivity contribution is -0.384. The molecule has 0 spiro atoms. The van der Waals surface area contributed by atoms with Gasteiger partial charge in [-0.2, -0.15) is 0 Å². The molecule has 0 saturated carbocycles. The molecule has 1 atom stereocenters. The number of nitro groups is 1. The van der Waals surface area contributed by atoms with E-state index in [2.05, 4.69) is 0 Å². The molecule has 1 unspecified atom stereocenters. The standard InChI is InChI=1S/C17H20N2O4/c1-18(11-13-4-3-5-15(10-13)19(21)22)17(12-20)14-6-8-16(23-2)9-7-14/h3-10,17,20H,11-12H2,1-2H3. The minimum atomic E-state index is -0.406. The number of methoxy groups -OCH3 is 1. The van der Waals surface area contributed by atoms with Gasteiger partial charge in [-0.15, -0.1) is 0 Å². The molecule has 0 saturated heterocycles. The molecule has 6 heteroatoms. The molecule has 0 fully saturated rings. The average molecular weight is 316 g/mol. The second-order valence-electron chi connectivity index (χ2n) is 5.31. The van der Waals surface area contributed by atoms with Crippen molar-refractivity contribution in [3.63, 3.8) is 0 Å². The van der Waals surface area contributed by atoms with Gasteiger partial charge in [0, 0.05) is 18.7 Å². The Balaban J connectivity index is 2.14. The number of benzene rings is 2. The summed E-state index contributed by atoms with van der Waals surface area (Å²) in [6, 6.07) is 13.8. The third kappa shape index (κ3) is 4.28. The first-order valence-electron chi connectivity index (χ1n) is 7.23. The number of hydrogen-bond donors (Lipinski definition) is 1. The molecule has 0 aliphatic rings. The van der Waals surface area contributed by atoms with Crippen molar-refractivity contribution in [3.05, 3.63) is 69.8 Å². The second-order valence-corrected chi connectivity index (χ2v) is 5.31. The number of likely N-dealkylation sites (N-methyl/N-ethyl adjacent to an activating group) is 1. The summed E-state index contributed by atoms with van der Waals surface area (Å²) >= 11 is 0. The van der Waals surface area contributed by atoms with Crippen LogP contribution in [0.4, 0.5) is 5.69 Å². The van der Waals surface area contributed by atoms with E-state index in [9.17, 15) is 15.2 Å². The molecule has 0 aromatic heterocycles. The summed E-state index contributed by atoms with van der Waals surface area (Å²) in [6.07, 6.45) is 0. The van der Waals surface area contributed by atoms with Crippen LogP contribution in [0.5, 0.6) is 5.75 Å². The maximum Gasteiger partial charge on any atom is 0.269 e. The molecule has 6 nitrogen and oxygen atoms in total. The maximum absolute atomic E-state index is 10.9. The summed E-state index contributed by atoms with van der Waals surface area (Å²) in [5.41, 5.74) is 1.86. The van der Waals surface area contributed by atoms with Crippen molar-refractivity contribution in [2.75, 3.05) is 20.8 Å². The van der Waals surface area contributed by atoms with Crippen LogP contribution in [0.25, 0.3) is 0 Å². The van der Waals surface area contributed by atoms with Gasteiger partial charge in [0.15, 0.2) is 0 Å². The summed E-state index contributed by atoms with van der Waals surface area (Å²) in [7, 11) is 3.48. The molecular formula is C17H20N2O4. The van der Waals surface area contributed by atoms with E-state index in [0.717, 1.165) is 16.9 Å². The van der Waals surface area contributed by atoms with Crippen LogP contribution in [-0.2, 0) is 6.54 Å². The molecule has 0 amide bonds. The first-order chi connectivity index (χ1) is 11.0. The van der Waals surface area contributed by atoms with Gasteiger partial charge in [0.25, 0.3) is 5.69 Å². The highest BCUT2D eigenvalue weighted by Crippen LogP contribution is 2.24. The number of nitrogens with zero attached hydrogens (tertiary/aromatic N) is 2. The van der Waals surface area contributed by atoms with Crippen LogP contribution in [-0.4, -0.2) is 35.7 Å². The minimum absolute atomic E-state index is 0.0439. The van der Waals surface area contributed by atoms with Crippen LogP contribution in [0.15, 0.2) is 48.5 Å². The predicted octanol–water partition coefficient (Wildman–Crippen LogP) is 2.77. The molecule has 122 valence electrons. The van der Waals surface area contributed by atoms with Gasteiger partial charge >= 0.3 is 0 Å². The molecule has 0 aliphatic heterocycles. The lowest BCUT2D eigenvalue weighted by atomic mass is 10.1. The molecule has 0 aliphatic carbocycles. The molecule has 2 aromatic carbocycles. The molecule has 23 heavy (non-hydrogen) atoms. The molecule has 2 rings (SSSR count). The highest BCUT2D eigenvalue weighted by Gasteiger charge is 2.17. The van der Waals surface area contributed by atoms with Crippen molar-refractivity contribution in [1.29, 1.82) is 0 Å². The number of non-ortho nitro benzene ring substituents is 1. The van der Waals surface area contributed by atoms with Gasteiger partial charge in [0.05, 0.1) is 24.7 Å². The van der Waals surface area contributed by atoms with Crippen LogP contribution in [0.1, 0.15) is 17.2 Å². The van der Waals surface area contributed by atoms with Crippen molar-refractivity contribution in [1.82, 2.24) is 4.90 Å². The Labute approximate surface area is 135 Å². The van der Waals surface area contributed by atoms with E-state index >= 15 is 0 Å². The van der Waals surface area contributed by atoms with Crippen LogP contribution in [0.3, 0.4) is 0 Å². The zero-order valence-corrected chi connectivity index (χ0v) is 13.2. The van der Waals surface area contributed by atoms with Gasteiger partial charge in [-0.3, -0.25) is 15.0 Å². The Morgan fingerprint density at radius 1 is 1.26 bits per heavy atom. The zero-order chi connectivity index (χ0) is 16.8. The first kappa shape index (κ1) is 16.9. The van der Waals surface area contributed by atoms with Crippen LogP contribution in [0.2, 0.25) is 0 Å². The summed E-state index contributed by atoms with van der Waals surface area (Å²) < 4.78 is 5.13. The van der Waals surface area contributed by atoms with E-state index in [1.807, 2.05) is 42.3 Å². The third-order valence-electron chi connectivity index (χ3n) is 3.76. The SMILES string of the molecule is COc1ccc(C(CO)N(C)Cc2cccc([N+](=O)[O-])c2)cc1. The summed E-state index contributed by atoms with van der Waals surface area (Å²) in [5, 5.41) is 20.6. The Kier molecular flexibility index (Phi) is 5.67. The molecule has 0 heterocycles. The van der Waals surface area contributed by atoms with E-state index in [-0.39, 0.29) is 18.3 Å². The fourth-order valence-electron chi connectivity index (χ4n) is 2.49. The second kappa shape index (κ2) is 7.71. The van der Waals surface area contributed by atoms with E-state index in [1.165, 1.54) is 6.07 Å². The fourth-order valence-corrected chi connectivity index (χ4v) is 2.49. The highest BCUT2D eigenvalue weighted by atomic mass is 16.6. The predicted molar refractivity (Wildman–Crippen MR) is 87.4 cm³/mol. The van der Waals surface area contributed by atoms with Gasteiger partial charge < -0.3 is 9.84 Å². The minimum Gasteiger partial charge on any atom is -0.497 e. The molecular weight excluding hydrogens is 296 g/mol. The molecule has 1 N–H and O–H groups in total. The van der Waals surface area contributed by atoms with Crippen LogP contribution < -0.4 is 4.74 Å². The van der Waals surface area contributed by atoms with E-state index in [1.54, 1.807) is 19.2 Å². The fraction of sp³-hybridized carbons (Fsp3) is 0.294. The third-order valence-corrected chi connectivity index (χ3v) is 3.76. The van der Waals surface area contributed by atoms with Crippen molar-refractivity contribution in [2.24, 2.45) is 0 Å². The average Bonchev–Trinajstić information content (AvgIpc) is 2.56.